The first kappa shape index (κ1) is 18.6. The van der Waals surface area contributed by atoms with Crippen molar-refractivity contribution in [2.75, 3.05) is 51.2 Å². The van der Waals surface area contributed by atoms with Gasteiger partial charge in [-0.1, -0.05) is 0 Å². The lowest BCUT2D eigenvalue weighted by Gasteiger charge is -2.36. The van der Waals surface area contributed by atoms with Gasteiger partial charge < -0.3 is 10.2 Å². The van der Waals surface area contributed by atoms with E-state index in [0.717, 1.165) is 56.2 Å². The van der Waals surface area contributed by atoms with Crippen LogP contribution in [0.3, 0.4) is 0 Å². The maximum Gasteiger partial charge on any atom is 0.123 e. The topological polar surface area (TPSA) is 31.4 Å². The number of anilines is 1. The Hall–Kier alpha value is -1.69. The van der Waals surface area contributed by atoms with E-state index in [0.29, 0.717) is 0 Å². The number of benzene rings is 1. The molecule has 1 saturated heterocycles. The summed E-state index contributed by atoms with van der Waals surface area (Å²) in [7, 11) is 1.99. The Kier molecular flexibility index (Phi) is 6.97. The largest absolute Gasteiger partial charge is 0.367 e. The number of piperazine rings is 1. The fraction of sp³-hybridized carbons (Fsp3) is 0.389. The molecule has 24 heavy (non-hydrogen) atoms. The van der Waals surface area contributed by atoms with Crippen molar-refractivity contribution in [2.24, 2.45) is 0 Å². The highest BCUT2D eigenvalue weighted by molar-refractivity contribution is 5.85. The van der Waals surface area contributed by atoms with Crippen LogP contribution in [0.25, 0.3) is 11.3 Å². The molecule has 1 aliphatic rings. The molecular weight excluding hydrogens is 327 g/mol. The molecule has 0 unspecified atom stereocenters. The number of pyridine rings is 1. The second-order valence-corrected chi connectivity index (χ2v) is 5.81. The molecule has 2 heterocycles. The molecule has 0 bridgehead atoms. The molecule has 0 aliphatic carbocycles. The number of nitrogens with one attached hydrogen (secondary N) is 1. The molecule has 0 saturated carbocycles. The molecule has 4 nitrogen and oxygen atoms in total. The summed E-state index contributed by atoms with van der Waals surface area (Å²) in [4.78, 5) is 9.38. The molecule has 2 aromatic rings. The van der Waals surface area contributed by atoms with Crippen molar-refractivity contribution < 1.29 is 4.39 Å². The Bertz CT molecular complexity index is 627. The minimum atomic E-state index is -0.218. The summed E-state index contributed by atoms with van der Waals surface area (Å²) in [5.74, 6) is -0.218. The van der Waals surface area contributed by atoms with Crippen LogP contribution in [-0.2, 0) is 0 Å². The lowest BCUT2D eigenvalue weighted by Crippen LogP contribution is -2.48. The molecule has 3 rings (SSSR count). The highest BCUT2D eigenvalue weighted by Crippen LogP contribution is 2.29. The molecule has 0 amide bonds. The van der Waals surface area contributed by atoms with Crippen LogP contribution in [0.15, 0.2) is 42.6 Å². The Labute approximate surface area is 149 Å². The number of halogens is 2. The second kappa shape index (κ2) is 8.97. The highest BCUT2D eigenvalue weighted by atomic mass is 35.5. The first-order valence-electron chi connectivity index (χ1n) is 8.11. The third kappa shape index (κ3) is 4.44. The first-order valence-corrected chi connectivity index (χ1v) is 8.11. The van der Waals surface area contributed by atoms with E-state index in [-0.39, 0.29) is 18.2 Å². The Morgan fingerprint density at radius 3 is 2.46 bits per heavy atom. The van der Waals surface area contributed by atoms with Crippen LogP contribution >= 0.6 is 12.4 Å². The number of hydrogen-bond acceptors (Lipinski definition) is 4. The molecule has 130 valence electrons. The zero-order valence-corrected chi connectivity index (χ0v) is 14.7. The molecule has 0 spiro atoms. The van der Waals surface area contributed by atoms with Crippen LogP contribution in [0.5, 0.6) is 0 Å². The summed E-state index contributed by atoms with van der Waals surface area (Å²) in [5.41, 5.74) is 3.02. The summed E-state index contributed by atoms with van der Waals surface area (Å²) >= 11 is 0. The minimum absolute atomic E-state index is 0. The van der Waals surface area contributed by atoms with E-state index in [4.69, 9.17) is 0 Å². The van der Waals surface area contributed by atoms with Crippen LogP contribution in [0.4, 0.5) is 10.1 Å². The van der Waals surface area contributed by atoms with Gasteiger partial charge in [0.25, 0.3) is 0 Å². The quantitative estimate of drug-likeness (QED) is 0.898. The van der Waals surface area contributed by atoms with Crippen LogP contribution in [0.2, 0.25) is 0 Å². The van der Waals surface area contributed by atoms with E-state index >= 15 is 0 Å². The van der Waals surface area contributed by atoms with Gasteiger partial charge in [-0.2, -0.15) is 0 Å². The number of nitrogens with zero attached hydrogens (tertiary/aromatic N) is 3. The number of aromatic nitrogens is 1. The molecule has 1 N–H and O–H groups in total. The fourth-order valence-electron chi connectivity index (χ4n) is 2.96. The van der Waals surface area contributed by atoms with Gasteiger partial charge in [0.1, 0.15) is 5.82 Å². The molecule has 1 aromatic heterocycles. The summed E-state index contributed by atoms with van der Waals surface area (Å²) in [6.45, 7) is 6.20. The first-order chi connectivity index (χ1) is 11.3. The molecule has 1 aliphatic heterocycles. The predicted octanol–water partition coefficient (Wildman–Crippen LogP) is 2.65. The Morgan fingerprint density at radius 1 is 1.08 bits per heavy atom. The Balaban J connectivity index is 0.00000208. The van der Waals surface area contributed by atoms with Gasteiger partial charge in [-0.15, -0.1) is 12.4 Å². The van der Waals surface area contributed by atoms with E-state index in [2.05, 4.69) is 26.2 Å². The zero-order valence-electron chi connectivity index (χ0n) is 13.9. The molecule has 1 fully saturated rings. The zero-order chi connectivity index (χ0) is 16.1. The fourth-order valence-corrected chi connectivity index (χ4v) is 2.96. The van der Waals surface area contributed by atoms with Gasteiger partial charge in [0, 0.05) is 51.0 Å². The van der Waals surface area contributed by atoms with Gasteiger partial charge >= 0.3 is 0 Å². The van der Waals surface area contributed by atoms with Gasteiger partial charge in [0.05, 0.1) is 11.4 Å². The Morgan fingerprint density at radius 2 is 1.79 bits per heavy atom. The van der Waals surface area contributed by atoms with Crippen LogP contribution in [0, 0.1) is 5.82 Å². The van der Waals surface area contributed by atoms with Crippen LogP contribution < -0.4 is 10.2 Å². The second-order valence-electron chi connectivity index (χ2n) is 5.81. The van der Waals surface area contributed by atoms with E-state index in [9.17, 15) is 4.39 Å². The van der Waals surface area contributed by atoms with Crippen molar-refractivity contribution in [2.45, 2.75) is 0 Å². The van der Waals surface area contributed by atoms with Crippen molar-refractivity contribution in [1.29, 1.82) is 0 Å². The monoisotopic (exact) mass is 350 g/mol. The van der Waals surface area contributed by atoms with Crippen molar-refractivity contribution >= 4 is 18.1 Å². The van der Waals surface area contributed by atoms with E-state index in [1.54, 1.807) is 18.3 Å². The third-order valence-corrected chi connectivity index (χ3v) is 4.30. The van der Waals surface area contributed by atoms with Gasteiger partial charge in [0.2, 0.25) is 0 Å². The van der Waals surface area contributed by atoms with Crippen LogP contribution in [0.1, 0.15) is 0 Å². The average molecular weight is 351 g/mol. The lowest BCUT2D eigenvalue weighted by atomic mass is 10.1. The molecule has 0 atom stereocenters. The van der Waals surface area contributed by atoms with Crippen molar-refractivity contribution in [3.05, 3.63) is 48.4 Å². The highest BCUT2D eigenvalue weighted by Gasteiger charge is 2.19. The van der Waals surface area contributed by atoms with Crippen LogP contribution in [-0.4, -0.2) is 56.2 Å². The molecular formula is C18H24ClFN4. The SMILES string of the molecule is CNCCN1CCN(c2cccnc2-c2ccc(F)cc2)CC1.Cl. The summed E-state index contributed by atoms with van der Waals surface area (Å²) in [6, 6.07) is 10.6. The number of hydrogen-bond donors (Lipinski definition) is 1. The third-order valence-electron chi connectivity index (χ3n) is 4.30. The predicted molar refractivity (Wildman–Crippen MR) is 99.5 cm³/mol. The lowest BCUT2D eigenvalue weighted by molar-refractivity contribution is 0.260. The number of rotatable bonds is 5. The van der Waals surface area contributed by atoms with E-state index in [1.807, 2.05) is 13.1 Å². The molecule has 0 radical (unpaired) electrons. The summed E-state index contributed by atoms with van der Waals surface area (Å²) in [6.07, 6.45) is 1.80. The van der Waals surface area contributed by atoms with E-state index in [1.165, 1.54) is 12.1 Å². The molecule has 1 aromatic carbocycles. The van der Waals surface area contributed by atoms with Crippen molar-refractivity contribution in [1.82, 2.24) is 15.2 Å². The number of likely N-dealkylation sites (N-methyl/N-ethyl adjacent to an activating group) is 1. The van der Waals surface area contributed by atoms with Gasteiger partial charge in [0.15, 0.2) is 0 Å². The summed E-state index contributed by atoms with van der Waals surface area (Å²) < 4.78 is 13.2. The smallest absolute Gasteiger partial charge is 0.123 e. The van der Waals surface area contributed by atoms with Crippen molar-refractivity contribution in [3.63, 3.8) is 0 Å². The van der Waals surface area contributed by atoms with Gasteiger partial charge in [-0.05, 0) is 43.4 Å². The summed E-state index contributed by atoms with van der Waals surface area (Å²) in [5, 5.41) is 3.20. The maximum absolute atomic E-state index is 13.2. The average Bonchev–Trinajstić information content (AvgIpc) is 2.61. The normalized spacial score (nSPS) is 15.2. The van der Waals surface area contributed by atoms with Gasteiger partial charge in [-0.3, -0.25) is 9.88 Å². The molecule has 6 heteroatoms. The van der Waals surface area contributed by atoms with E-state index < -0.39 is 0 Å². The van der Waals surface area contributed by atoms with Gasteiger partial charge in [-0.25, -0.2) is 4.39 Å². The van der Waals surface area contributed by atoms with Crippen molar-refractivity contribution in [3.8, 4) is 11.3 Å². The maximum atomic E-state index is 13.2. The minimum Gasteiger partial charge on any atom is -0.367 e. The standard InChI is InChI=1S/C18H23FN4.ClH/c1-20-9-10-22-11-13-23(14-12-22)17-3-2-8-21-18(17)15-4-6-16(19)7-5-15;/h2-8,20H,9-14H2,1H3;1H.